The molecule has 0 saturated carbocycles. The molecule has 0 aromatic heterocycles. The van der Waals surface area contributed by atoms with E-state index in [4.69, 9.17) is 4.99 Å². The summed E-state index contributed by atoms with van der Waals surface area (Å²) in [5.41, 5.74) is 7.88. The average Bonchev–Trinajstić information content (AvgIpc) is 2.46. The lowest BCUT2D eigenvalue weighted by Crippen LogP contribution is -2.26. The number of allylic oxidation sites excluding steroid dienone is 3. The fourth-order valence-electron chi connectivity index (χ4n) is 3.67. The van der Waals surface area contributed by atoms with Crippen LogP contribution in [0.4, 0.5) is 0 Å². The van der Waals surface area contributed by atoms with Gasteiger partial charge in [0, 0.05) is 11.5 Å². The lowest BCUT2D eigenvalue weighted by molar-refractivity contribution is 0.552. The van der Waals surface area contributed by atoms with Crippen molar-refractivity contribution in [1.82, 2.24) is 0 Å². The quantitative estimate of drug-likeness (QED) is 0.691. The first-order chi connectivity index (χ1) is 10.9. The van der Waals surface area contributed by atoms with E-state index < -0.39 is 0 Å². The number of nitrogens with zero attached hydrogens (tertiary/aromatic N) is 1. The Hall–Kier alpha value is -1.89. The van der Waals surface area contributed by atoms with Crippen molar-refractivity contribution in [2.75, 3.05) is 0 Å². The maximum Gasteiger partial charge on any atom is 0.0790 e. The molecule has 0 bridgehead atoms. The lowest BCUT2D eigenvalue weighted by atomic mass is 9.79. The van der Waals surface area contributed by atoms with Gasteiger partial charge in [-0.15, -0.1) is 0 Å². The molecule has 1 aromatic carbocycles. The average molecular weight is 305 g/mol. The molecule has 1 nitrogen and oxygen atoms in total. The van der Waals surface area contributed by atoms with Crippen molar-refractivity contribution in [3.8, 4) is 0 Å². The first-order valence-electron chi connectivity index (χ1n) is 8.66. The van der Waals surface area contributed by atoms with Crippen molar-refractivity contribution in [2.45, 2.75) is 47.1 Å². The molecule has 2 aliphatic rings. The second-order valence-corrected chi connectivity index (χ2v) is 7.49. The molecule has 2 unspecified atom stereocenters. The second-order valence-electron chi connectivity index (χ2n) is 7.49. The van der Waals surface area contributed by atoms with Crippen LogP contribution in [0.1, 0.15) is 43.9 Å². The number of rotatable bonds is 3. The van der Waals surface area contributed by atoms with E-state index in [1.54, 1.807) is 0 Å². The topological polar surface area (TPSA) is 12.4 Å². The fraction of sp³-hybridized carbons (Fsp3) is 0.409. The first-order valence-corrected chi connectivity index (χ1v) is 8.66. The third-order valence-corrected chi connectivity index (χ3v) is 4.57. The summed E-state index contributed by atoms with van der Waals surface area (Å²) in [6, 6.07) is 6.99. The molecule has 0 fully saturated rings. The monoisotopic (exact) mass is 305 g/mol. The van der Waals surface area contributed by atoms with E-state index in [-0.39, 0.29) is 6.04 Å². The molecule has 3 rings (SSSR count). The van der Waals surface area contributed by atoms with Gasteiger partial charge in [-0.1, -0.05) is 60.4 Å². The molecule has 1 aromatic rings. The van der Waals surface area contributed by atoms with Gasteiger partial charge in [-0.05, 0) is 51.3 Å². The van der Waals surface area contributed by atoms with E-state index in [0.717, 1.165) is 12.1 Å². The van der Waals surface area contributed by atoms with Crippen molar-refractivity contribution >= 4 is 5.71 Å². The van der Waals surface area contributed by atoms with Gasteiger partial charge in [0.05, 0.1) is 11.8 Å². The van der Waals surface area contributed by atoms with E-state index in [9.17, 15) is 0 Å². The predicted molar refractivity (Wildman–Crippen MR) is 100 cm³/mol. The Labute approximate surface area is 140 Å². The lowest BCUT2D eigenvalue weighted by Gasteiger charge is -2.30. The zero-order chi connectivity index (χ0) is 16.6. The molecule has 23 heavy (non-hydrogen) atoms. The van der Waals surface area contributed by atoms with Crippen LogP contribution in [0, 0.1) is 25.7 Å². The summed E-state index contributed by atoms with van der Waals surface area (Å²) in [5.74, 6) is 1.11. The Balaban J connectivity index is 2.04. The van der Waals surface area contributed by atoms with Crippen LogP contribution in [0.5, 0.6) is 0 Å². The summed E-state index contributed by atoms with van der Waals surface area (Å²) >= 11 is 0. The number of hydrogen-bond acceptors (Lipinski definition) is 1. The molecule has 0 saturated heterocycles. The summed E-state index contributed by atoms with van der Waals surface area (Å²) < 4.78 is 0. The van der Waals surface area contributed by atoms with Gasteiger partial charge in [0.25, 0.3) is 0 Å². The van der Waals surface area contributed by atoms with Gasteiger partial charge >= 0.3 is 0 Å². The Morgan fingerprint density at radius 3 is 2.39 bits per heavy atom. The van der Waals surface area contributed by atoms with Gasteiger partial charge in [-0.2, -0.15) is 0 Å². The van der Waals surface area contributed by atoms with Crippen LogP contribution in [0.25, 0.3) is 0 Å². The Kier molecular flexibility index (Phi) is 4.39. The van der Waals surface area contributed by atoms with Crippen molar-refractivity contribution in [2.24, 2.45) is 16.8 Å². The molecular weight excluding hydrogens is 278 g/mol. The van der Waals surface area contributed by atoms with Crippen molar-refractivity contribution < 1.29 is 0 Å². The largest absolute Gasteiger partial charge is 0.276 e. The van der Waals surface area contributed by atoms with Gasteiger partial charge in [-0.3, -0.25) is 4.99 Å². The summed E-state index contributed by atoms with van der Waals surface area (Å²) in [6.07, 6.45) is 10.4. The van der Waals surface area contributed by atoms with Crippen LogP contribution in [-0.2, 0) is 0 Å². The highest BCUT2D eigenvalue weighted by Crippen LogP contribution is 2.34. The minimum Gasteiger partial charge on any atom is -0.276 e. The SMILES string of the molecule is CC1=CC2C(CC(C)C)=CC(c3cc(C)cc(C)c3)=NC2C=C1. The van der Waals surface area contributed by atoms with E-state index in [2.05, 4.69) is 77.1 Å². The van der Waals surface area contributed by atoms with Gasteiger partial charge in [-0.25, -0.2) is 0 Å². The molecule has 2 atom stereocenters. The number of hydrogen-bond donors (Lipinski definition) is 0. The van der Waals surface area contributed by atoms with Crippen LogP contribution in [-0.4, -0.2) is 11.8 Å². The van der Waals surface area contributed by atoms with E-state index >= 15 is 0 Å². The standard InChI is InChI=1S/C22H27N/c1-14(2)8-18-13-22(19-10-16(4)9-17(5)11-19)23-21-7-6-15(3)12-20(18)21/h6-7,9-14,20-21H,8H2,1-5H3. The minimum atomic E-state index is 0.258. The Bertz CT molecular complexity index is 708. The van der Waals surface area contributed by atoms with Crippen molar-refractivity contribution in [3.63, 3.8) is 0 Å². The number of aliphatic imine (C=N–C) groups is 1. The minimum absolute atomic E-state index is 0.258. The Morgan fingerprint density at radius 2 is 1.74 bits per heavy atom. The summed E-state index contributed by atoms with van der Waals surface area (Å²) in [7, 11) is 0. The predicted octanol–water partition coefficient (Wildman–Crippen LogP) is 5.58. The smallest absolute Gasteiger partial charge is 0.0790 e. The highest BCUT2D eigenvalue weighted by Gasteiger charge is 2.28. The number of benzene rings is 1. The summed E-state index contributed by atoms with van der Waals surface area (Å²) in [5, 5.41) is 0. The van der Waals surface area contributed by atoms with Crippen molar-refractivity contribution in [3.05, 3.63) is 70.3 Å². The molecule has 1 aliphatic heterocycles. The van der Waals surface area contributed by atoms with Crippen LogP contribution in [0.2, 0.25) is 0 Å². The van der Waals surface area contributed by atoms with Gasteiger partial charge < -0.3 is 0 Å². The molecule has 0 amide bonds. The van der Waals surface area contributed by atoms with Gasteiger partial charge in [0.15, 0.2) is 0 Å². The zero-order valence-electron chi connectivity index (χ0n) is 14.9. The number of aryl methyl sites for hydroxylation is 2. The summed E-state index contributed by atoms with van der Waals surface area (Å²) in [4.78, 5) is 5.06. The third-order valence-electron chi connectivity index (χ3n) is 4.57. The second kappa shape index (κ2) is 6.31. The van der Waals surface area contributed by atoms with Gasteiger partial charge in [0.1, 0.15) is 0 Å². The normalized spacial score (nSPS) is 23.3. The molecule has 1 aliphatic carbocycles. The van der Waals surface area contributed by atoms with E-state index in [1.165, 1.54) is 27.8 Å². The zero-order valence-corrected chi connectivity index (χ0v) is 14.9. The molecule has 0 N–H and O–H groups in total. The van der Waals surface area contributed by atoms with Crippen LogP contribution >= 0.6 is 0 Å². The molecule has 1 heteroatoms. The number of fused-ring (bicyclic) bond motifs is 1. The van der Waals surface area contributed by atoms with E-state index in [0.29, 0.717) is 11.8 Å². The Morgan fingerprint density at radius 1 is 1.04 bits per heavy atom. The molecule has 0 spiro atoms. The first kappa shape index (κ1) is 16.0. The van der Waals surface area contributed by atoms with Gasteiger partial charge in [0.2, 0.25) is 0 Å². The number of dihydropyridines is 1. The van der Waals surface area contributed by atoms with Crippen LogP contribution in [0.15, 0.2) is 58.6 Å². The fourth-order valence-corrected chi connectivity index (χ4v) is 3.67. The molecule has 120 valence electrons. The van der Waals surface area contributed by atoms with Crippen LogP contribution < -0.4 is 0 Å². The van der Waals surface area contributed by atoms with Crippen LogP contribution in [0.3, 0.4) is 0 Å². The highest BCUT2D eigenvalue weighted by atomic mass is 14.8. The highest BCUT2D eigenvalue weighted by molar-refractivity contribution is 6.10. The molecule has 1 heterocycles. The van der Waals surface area contributed by atoms with Crippen molar-refractivity contribution in [1.29, 1.82) is 0 Å². The summed E-state index contributed by atoms with van der Waals surface area (Å²) in [6.45, 7) is 11.1. The molecular formula is C22H27N. The van der Waals surface area contributed by atoms with E-state index in [1.807, 2.05) is 0 Å². The maximum absolute atomic E-state index is 5.06. The molecule has 0 radical (unpaired) electrons. The maximum atomic E-state index is 5.06. The third kappa shape index (κ3) is 3.55.